The van der Waals surface area contributed by atoms with Gasteiger partial charge in [0, 0.05) is 5.57 Å². The van der Waals surface area contributed by atoms with Crippen LogP contribution in [0.5, 0.6) is 0 Å². The molecule has 6 nitrogen and oxygen atoms in total. The number of fused-ring (bicyclic) bond motifs is 2. The molecule has 0 atom stereocenters. The molecule has 0 amide bonds. The number of azo groups is 1. The first-order valence-corrected chi connectivity index (χ1v) is 4.03. The molecule has 6 heteroatoms. The molecule has 14 heavy (non-hydrogen) atoms. The lowest BCUT2D eigenvalue weighted by molar-refractivity contribution is 0.661. The molecule has 0 N–H and O–H groups in total. The molecule has 0 saturated carbocycles. The highest BCUT2D eigenvalue weighted by Crippen LogP contribution is 2.32. The lowest BCUT2D eigenvalue weighted by atomic mass is 10.1. The van der Waals surface area contributed by atoms with Crippen molar-refractivity contribution in [2.45, 2.75) is 6.54 Å². The molecular weight excluding hydrogens is 180 g/mol. The standard InChI is InChI=1S/C8H4N6/c9-1-6-7-5(2-11-13-7)3-14-8(6)10-4-12-14/h2,4H,3H2. The number of hydrogen-bond donors (Lipinski definition) is 0. The van der Waals surface area contributed by atoms with Crippen LogP contribution in [0.15, 0.2) is 34.0 Å². The van der Waals surface area contributed by atoms with Gasteiger partial charge in [-0.15, -0.1) is 5.11 Å². The molecule has 3 rings (SSSR count). The molecule has 0 aromatic carbocycles. The first-order valence-electron chi connectivity index (χ1n) is 4.03. The van der Waals surface area contributed by atoms with E-state index >= 15 is 0 Å². The molecule has 0 fully saturated rings. The van der Waals surface area contributed by atoms with E-state index in [0.29, 0.717) is 23.6 Å². The van der Waals surface area contributed by atoms with Crippen LogP contribution in [-0.2, 0) is 6.54 Å². The van der Waals surface area contributed by atoms with Crippen molar-refractivity contribution in [1.82, 2.24) is 14.8 Å². The second-order valence-electron chi connectivity index (χ2n) is 2.95. The number of hydrogen-bond acceptors (Lipinski definition) is 5. The quantitative estimate of drug-likeness (QED) is 0.600. The predicted octanol–water partition coefficient (Wildman–Crippen LogP) is 0.876. The molecule has 0 aliphatic carbocycles. The number of allylic oxidation sites excluding steroid dienone is 2. The average Bonchev–Trinajstić information content (AvgIpc) is 2.80. The Morgan fingerprint density at radius 2 is 2.43 bits per heavy atom. The van der Waals surface area contributed by atoms with Gasteiger partial charge in [-0.2, -0.15) is 15.5 Å². The Bertz CT molecular complexity index is 538. The van der Waals surface area contributed by atoms with Crippen LogP contribution in [0.2, 0.25) is 0 Å². The molecular formula is C8H4N6. The smallest absolute Gasteiger partial charge is 0.171 e. The molecule has 0 unspecified atom stereocenters. The Balaban J connectivity index is 2.34. The minimum absolute atomic E-state index is 0.446. The van der Waals surface area contributed by atoms with E-state index < -0.39 is 0 Å². The number of aromatic nitrogens is 3. The molecule has 2 aliphatic heterocycles. The van der Waals surface area contributed by atoms with Gasteiger partial charge in [0.25, 0.3) is 0 Å². The van der Waals surface area contributed by atoms with E-state index in [4.69, 9.17) is 5.26 Å². The van der Waals surface area contributed by atoms with Gasteiger partial charge in [-0.05, 0) is 0 Å². The van der Waals surface area contributed by atoms with E-state index in [1.165, 1.54) is 6.33 Å². The Labute approximate surface area is 78.9 Å². The van der Waals surface area contributed by atoms with Crippen molar-refractivity contribution < 1.29 is 0 Å². The van der Waals surface area contributed by atoms with Crippen molar-refractivity contribution in [3.8, 4) is 6.07 Å². The number of nitriles is 1. The third-order valence-electron chi connectivity index (χ3n) is 2.18. The third kappa shape index (κ3) is 0.733. The second kappa shape index (κ2) is 2.35. The van der Waals surface area contributed by atoms with E-state index in [1.54, 1.807) is 10.9 Å². The van der Waals surface area contributed by atoms with Crippen LogP contribution in [0.4, 0.5) is 0 Å². The lowest BCUT2D eigenvalue weighted by Crippen LogP contribution is -2.13. The SMILES string of the molecule is N#CC1=C2N=NC=C2Cn2ncnc21. The second-order valence-corrected chi connectivity index (χ2v) is 2.95. The van der Waals surface area contributed by atoms with Crippen LogP contribution in [0.1, 0.15) is 5.82 Å². The Hall–Kier alpha value is -2.29. The zero-order valence-electron chi connectivity index (χ0n) is 7.05. The highest BCUT2D eigenvalue weighted by atomic mass is 15.3. The number of rotatable bonds is 0. The maximum atomic E-state index is 8.99. The van der Waals surface area contributed by atoms with Crippen molar-refractivity contribution >= 4 is 5.57 Å². The van der Waals surface area contributed by atoms with Gasteiger partial charge < -0.3 is 0 Å². The minimum atomic E-state index is 0.446. The molecule has 0 bridgehead atoms. The normalized spacial score (nSPS) is 17.5. The van der Waals surface area contributed by atoms with Crippen LogP contribution in [0.25, 0.3) is 5.57 Å². The first-order chi connectivity index (χ1) is 6.90. The summed E-state index contributed by atoms with van der Waals surface area (Å²) in [4.78, 5) is 4.01. The lowest BCUT2D eigenvalue weighted by Gasteiger charge is -2.12. The zero-order valence-corrected chi connectivity index (χ0v) is 7.05. The fourth-order valence-corrected chi connectivity index (χ4v) is 1.55. The van der Waals surface area contributed by atoms with Crippen molar-refractivity contribution in [2.75, 3.05) is 0 Å². The molecule has 0 saturated heterocycles. The third-order valence-corrected chi connectivity index (χ3v) is 2.18. The monoisotopic (exact) mass is 184 g/mol. The van der Waals surface area contributed by atoms with E-state index in [-0.39, 0.29) is 0 Å². The molecule has 66 valence electrons. The Morgan fingerprint density at radius 1 is 1.50 bits per heavy atom. The van der Waals surface area contributed by atoms with E-state index in [0.717, 1.165) is 5.57 Å². The van der Waals surface area contributed by atoms with Gasteiger partial charge in [-0.25, -0.2) is 9.67 Å². The molecule has 0 radical (unpaired) electrons. The summed E-state index contributed by atoms with van der Waals surface area (Å²) in [5.41, 5.74) is 1.99. The largest absolute Gasteiger partial charge is 0.241 e. The van der Waals surface area contributed by atoms with Gasteiger partial charge in [0.15, 0.2) is 5.82 Å². The summed E-state index contributed by atoms with van der Waals surface area (Å²) >= 11 is 0. The van der Waals surface area contributed by atoms with Crippen molar-refractivity contribution in [3.63, 3.8) is 0 Å². The van der Waals surface area contributed by atoms with Crippen molar-refractivity contribution in [2.24, 2.45) is 10.2 Å². The van der Waals surface area contributed by atoms with Crippen LogP contribution < -0.4 is 0 Å². The summed E-state index contributed by atoms with van der Waals surface area (Å²) in [5.74, 6) is 0.570. The Morgan fingerprint density at radius 3 is 3.29 bits per heavy atom. The van der Waals surface area contributed by atoms with Gasteiger partial charge in [-0.3, -0.25) is 0 Å². The molecule has 0 spiro atoms. The van der Waals surface area contributed by atoms with Crippen molar-refractivity contribution in [1.29, 1.82) is 5.26 Å². The van der Waals surface area contributed by atoms with Gasteiger partial charge in [0.1, 0.15) is 23.7 Å². The van der Waals surface area contributed by atoms with E-state index in [2.05, 4.69) is 26.4 Å². The van der Waals surface area contributed by atoms with Crippen LogP contribution in [0, 0.1) is 11.3 Å². The van der Waals surface area contributed by atoms with Crippen molar-refractivity contribution in [3.05, 3.63) is 29.6 Å². The molecule has 1 aromatic rings. The van der Waals surface area contributed by atoms with Crippen LogP contribution in [0.3, 0.4) is 0 Å². The summed E-state index contributed by atoms with van der Waals surface area (Å²) in [6.45, 7) is 0.586. The maximum absolute atomic E-state index is 8.99. The highest BCUT2D eigenvalue weighted by molar-refractivity contribution is 5.80. The topological polar surface area (TPSA) is 79.2 Å². The fraction of sp³-hybridized carbons (Fsp3) is 0.125. The minimum Gasteiger partial charge on any atom is -0.241 e. The van der Waals surface area contributed by atoms with Gasteiger partial charge in [0.05, 0.1) is 12.7 Å². The zero-order chi connectivity index (χ0) is 9.54. The van der Waals surface area contributed by atoms with Gasteiger partial charge in [0.2, 0.25) is 0 Å². The Kier molecular flexibility index (Phi) is 1.20. The highest BCUT2D eigenvalue weighted by Gasteiger charge is 2.26. The first kappa shape index (κ1) is 7.15. The predicted molar refractivity (Wildman–Crippen MR) is 45.5 cm³/mol. The summed E-state index contributed by atoms with van der Waals surface area (Å²) in [6.07, 6.45) is 3.09. The number of nitrogens with zero attached hydrogens (tertiary/aromatic N) is 6. The maximum Gasteiger partial charge on any atom is 0.171 e. The average molecular weight is 184 g/mol. The van der Waals surface area contributed by atoms with Crippen LogP contribution >= 0.6 is 0 Å². The van der Waals surface area contributed by atoms with E-state index in [1.807, 2.05) is 0 Å². The molecule has 2 aliphatic rings. The van der Waals surface area contributed by atoms with E-state index in [9.17, 15) is 0 Å². The fourth-order valence-electron chi connectivity index (χ4n) is 1.55. The van der Waals surface area contributed by atoms with Gasteiger partial charge in [-0.1, -0.05) is 0 Å². The van der Waals surface area contributed by atoms with Crippen LogP contribution in [-0.4, -0.2) is 14.8 Å². The summed E-state index contributed by atoms with van der Waals surface area (Å²) in [6, 6.07) is 2.08. The molecule has 1 aromatic heterocycles. The molecule has 3 heterocycles. The summed E-state index contributed by atoms with van der Waals surface area (Å²) < 4.78 is 1.67. The summed E-state index contributed by atoms with van der Waals surface area (Å²) in [7, 11) is 0. The van der Waals surface area contributed by atoms with Gasteiger partial charge >= 0.3 is 0 Å². The summed E-state index contributed by atoms with van der Waals surface area (Å²) in [5, 5.41) is 20.7.